The number of carbonyl (C=O) groups is 1. The number of nitrogens with one attached hydrogen (secondary N) is 1. The van der Waals surface area contributed by atoms with Crippen LogP contribution in [-0.2, 0) is 16.1 Å². The summed E-state index contributed by atoms with van der Waals surface area (Å²) in [5.41, 5.74) is 2.70. The SMILES string of the molecule is COCCn1ccc2cc(NC(=O)C3CCN(c4ccc5nncn5n4)CC3)ccc21. The molecular weight excluding hydrogens is 394 g/mol. The Morgan fingerprint density at radius 1 is 1.19 bits per heavy atom. The van der Waals surface area contributed by atoms with Crippen LogP contribution in [0.2, 0.25) is 0 Å². The lowest BCUT2D eigenvalue weighted by atomic mass is 9.95. The minimum absolute atomic E-state index is 0.00288. The van der Waals surface area contributed by atoms with Crippen molar-refractivity contribution in [1.82, 2.24) is 24.4 Å². The second-order valence-corrected chi connectivity index (χ2v) is 7.85. The molecule has 9 heteroatoms. The maximum atomic E-state index is 12.8. The van der Waals surface area contributed by atoms with Crippen LogP contribution >= 0.6 is 0 Å². The number of nitrogens with zero attached hydrogens (tertiary/aromatic N) is 6. The Morgan fingerprint density at radius 3 is 2.90 bits per heavy atom. The fourth-order valence-corrected chi connectivity index (χ4v) is 4.16. The van der Waals surface area contributed by atoms with E-state index in [0.29, 0.717) is 6.61 Å². The van der Waals surface area contributed by atoms with E-state index in [1.54, 1.807) is 18.0 Å². The summed E-state index contributed by atoms with van der Waals surface area (Å²) in [6, 6.07) is 12.0. The van der Waals surface area contributed by atoms with Crippen molar-refractivity contribution in [3.63, 3.8) is 0 Å². The Balaban J connectivity index is 1.20. The number of anilines is 2. The summed E-state index contributed by atoms with van der Waals surface area (Å²) in [5.74, 6) is 0.964. The molecule has 1 N–H and O–H groups in total. The quantitative estimate of drug-likeness (QED) is 0.517. The molecule has 5 rings (SSSR count). The van der Waals surface area contributed by atoms with Gasteiger partial charge in [0.2, 0.25) is 5.91 Å². The molecule has 0 radical (unpaired) electrons. The second kappa shape index (κ2) is 8.35. The third kappa shape index (κ3) is 3.96. The van der Waals surface area contributed by atoms with Gasteiger partial charge in [-0.1, -0.05) is 0 Å². The molecule has 1 aromatic carbocycles. The normalized spacial score (nSPS) is 15.1. The summed E-state index contributed by atoms with van der Waals surface area (Å²) in [6.07, 6.45) is 5.24. The summed E-state index contributed by atoms with van der Waals surface area (Å²) in [7, 11) is 1.70. The van der Waals surface area contributed by atoms with Gasteiger partial charge >= 0.3 is 0 Å². The van der Waals surface area contributed by atoms with E-state index < -0.39 is 0 Å². The minimum atomic E-state index is -0.00288. The first-order chi connectivity index (χ1) is 15.2. The van der Waals surface area contributed by atoms with E-state index in [4.69, 9.17) is 4.74 Å². The highest BCUT2D eigenvalue weighted by atomic mass is 16.5. The first-order valence-corrected chi connectivity index (χ1v) is 10.5. The standard InChI is InChI=1S/C22H25N7O2/c1-31-13-12-27-9-8-17-14-18(2-3-19(17)27)24-22(30)16-6-10-28(11-7-16)21-5-4-20-25-23-15-29(20)26-21/h2-5,8-9,14-16H,6-7,10-13H2,1H3,(H,24,30). The third-order valence-corrected chi connectivity index (χ3v) is 5.91. The van der Waals surface area contributed by atoms with Crippen molar-refractivity contribution in [3.05, 3.63) is 48.9 Å². The molecule has 160 valence electrons. The van der Waals surface area contributed by atoms with Crippen LogP contribution in [0.4, 0.5) is 11.5 Å². The fraction of sp³-hybridized carbons (Fsp3) is 0.364. The van der Waals surface area contributed by atoms with E-state index in [-0.39, 0.29) is 11.8 Å². The van der Waals surface area contributed by atoms with E-state index in [0.717, 1.165) is 60.5 Å². The van der Waals surface area contributed by atoms with Crippen molar-refractivity contribution >= 4 is 34.0 Å². The van der Waals surface area contributed by atoms with E-state index in [2.05, 4.69) is 48.4 Å². The molecule has 1 aliphatic rings. The molecular formula is C22H25N7O2. The van der Waals surface area contributed by atoms with Crippen LogP contribution < -0.4 is 10.2 Å². The van der Waals surface area contributed by atoms with Crippen LogP contribution in [-0.4, -0.2) is 57.1 Å². The van der Waals surface area contributed by atoms with Gasteiger partial charge in [0, 0.05) is 55.4 Å². The highest BCUT2D eigenvalue weighted by molar-refractivity contribution is 5.95. The molecule has 4 heterocycles. The lowest BCUT2D eigenvalue weighted by Crippen LogP contribution is -2.38. The van der Waals surface area contributed by atoms with Gasteiger partial charge in [-0.15, -0.1) is 15.3 Å². The van der Waals surface area contributed by atoms with Gasteiger partial charge in [-0.3, -0.25) is 4.79 Å². The molecule has 0 aliphatic carbocycles. The van der Waals surface area contributed by atoms with E-state index in [1.165, 1.54) is 0 Å². The fourth-order valence-electron chi connectivity index (χ4n) is 4.16. The van der Waals surface area contributed by atoms with Gasteiger partial charge in [-0.05, 0) is 49.2 Å². The average Bonchev–Trinajstić information content (AvgIpc) is 3.43. The Morgan fingerprint density at radius 2 is 2.06 bits per heavy atom. The van der Waals surface area contributed by atoms with Gasteiger partial charge < -0.3 is 19.5 Å². The molecule has 4 aromatic rings. The number of ether oxygens (including phenoxy) is 1. The van der Waals surface area contributed by atoms with Crippen LogP contribution in [0.3, 0.4) is 0 Å². The van der Waals surface area contributed by atoms with Gasteiger partial charge in [0.25, 0.3) is 0 Å². The summed E-state index contributed by atoms with van der Waals surface area (Å²) in [4.78, 5) is 15.1. The van der Waals surface area contributed by atoms with Crippen LogP contribution in [0, 0.1) is 5.92 Å². The van der Waals surface area contributed by atoms with Crippen molar-refractivity contribution in [3.8, 4) is 0 Å². The average molecular weight is 419 g/mol. The maximum absolute atomic E-state index is 12.8. The number of methoxy groups -OCH3 is 1. The lowest BCUT2D eigenvalue weighted by Gasteiger charge is -2.32. The van der Waals surface area contributed by atoms with Gasteiger partial charge in [0.15, 0.2) is 5.65 Å². The number of rotatable bonds is 6. The second-order valence-electron chi connectivity index (χ2n) is 7.85. The molecule has 0 bridgehead atoms. The lowest BCUT2D eigenvalue weighted by molar-refractivity contribution is -0.120. The molecule has 1 amide bonds. The zero-order valence-corrected chi connectivity index (χ0v) is 17.4. The van der Waals surface area contributed by atoms with Crippen LogP contribution in [0.1, 0.15) is 12.8 Å². The minimum Gasteiger partial charge on any atom is -0.383 e. The molecule has 3 aromatic heterocycles. The highest BCUT2D eigenvalue weighted by Gasteiger charge is 2.26. The number of fused-ring (bicyclic) bond motifs is 2. The van der Waals surface area contributed by atoms with Gasteiger partial charge in [-0.25, -0.2) is 0 Å². The summed E-state index contributed by atoms with van der Waals surface area (Å²) >= 11 is 0. The first-order valence-electron chi connectivity index (χ1n) is 10.5. The topological polar surface area (TPSA) is 89.6 Å². The van der Waals surface area contributed by atoms with E-state index in [1.807, 2.05) is 24.3 Å². The molecule has 0 unspecified atom stereocenters. The predicted octanol–water partition coefficient (Wildman–Crippen LogP) is 2.58. The Bertz CT molecular complexity index is 1210. The smallest absolute Gasteiger partial charge is 0.227 e. The molecule has 1 saturated heterocycles. The molecule has 1 aliphatic heterocycles. The molecule has 1 fully saturated rings. The number of hydrogen-bond acceptors (Lipinski definition) is 6. The number of piperidine rings is 1. The molecule has 0 atom stereocenters. The van der Waals surface area contributed by atoms with Crippen molar-refractivity contribution in [1.29, 1.82) is 0 Å². The van der Waals surface area contributed by atoms with Gasteiger partial charge in [-0.2, -0.15) is 4.52 Å². The van der Waals surface area contributed by atoms with Crippen LogP contribution in [0.5, 0.6) is 0 Å². The van der Waals surface area contributed by atoms with Gasteiger partial charge in [0.1, 0.15) is 12.1 Å². The number of amides is 1. The molecule has 0 saturated carbocycles. The van der Waals surface area contributed by atoms with E-state index in [9.17, 15) is 4.79 Å². The van der Waals surface area contributed by atoms with Gasteiger partial charge in [0.05, 0.1) is 6.61 Å². The maximum Gasteiger partial charge on any atom is 0.227 e. The largest absolute Gasteiger partial charge is 0.383 e. The third-order valence-electron chi connectivity index (χ3n) is 5.91. The highest BCUT2D eigenvalue weighted by Crippen LogP contribution is 2.25. The summed E-state index contributed by atoms with van der Waals surface area (Å²) < 4.78 is 9.00. The monoisotopic (exact) mass is 419 g/mol. The zero-order chi connectivity index (χ0) is 21.2. The molecule has 0 spiro atoms. The predicted molar refractivity (Wildman–Crippen MR) is 118 cm³/mol. The number of hydrogen-bond donors (Lipinski definition) is 1. The zero-order valence-electron chi connectivity index (χ0n) is 17.4. The molecule has 9 nitrogen and oxygen atoms in total. The summed E-state index contributed by atoms with van der Waals surface area (Å²) in [6.45, 7) is 3.06. The summed E-state index contributed by atoms with van der Waals surface area (Å²) in [5, 5.41) is 16.6. The molecule has 31 heavy (non-hydrogen) atoms. The van der Waals surface area contributed by atoms with Crippen LogP contribution in [0.25, 0.3) is 16.6 Å². The van der Waals surface area contributed by atoms with Crippen molar-refractivity contribution in [2.24, 2.45) is 5.92 Å². The Hall–Kier alpha value is -3.46. The number of benzene rings is 1. The Kier molecular flexibility index (Phi) is 5.25. The number of aromatic nitrogens is 5. The van der Waals surface area contributed by atoms with Crippen molar-refractivity contribution < 1.29 is 9.53 Å². The first kappa shape index (κ1) is 19.5. The van der Waals surface area contributed by atoms with Crippen molar-refractivity contribution in [2.45, 2.75) is 19.4 Å². The van der Waals surface area contributed by atoms with Crippen LogP contribution in [0.15, 0.2) is 48.9 Å². The Labute approximate surface area is 179 Å². The number of carbonyl (C=O) groups excluding carboxylic acids is 1. The van der Waals surface area contributed by atoms with E-state index >= 15 is 0 Å². The van der Waals surface area contributed by atoms with Crippen molar-refractivity contribution in [2.75, 3.05) is 37.0 Å².